The Bertz CT molecular complexity index is 499. The van der Waals surface area contributed by atoms with Gasteiger partial charge in [0.15, 0.2) is 0 Å². The molecule has 8 heteroatoms. The molecule has 94 valence electrons. The molecule has 16 heavy (non-hydrogen) atoms. The van der Waals surface area contributed by atoms with E-state index >= 15 is 0 Å². The first-order valence-electron chi connectivity index (χ1n) is 4.23. The van der Waals surface area contributed by atoms with E-state index in [1.54, 1.807) is 0 Å². The highest BCUT2D eigenvalue weighted by Gasteiger charge is 2.45. The second-order valence-electron chi connectivity index (χ2n) is 3.33. The molecule has 0 aromatic rings. The van der Waals surface area contributed by atoms with Gasteiger partial charge >= 0.3 is 0 Å². The van der Waals surface area contributed by atoms with E-state index in [1.807, 2.05) is 0 Å². The monoisotopic (exact) mass is 270 g/mol. The molecule has 0 aliphatic carbocycles. The van der Waals surface area contributed by atoms with Gasteiger partial charge in [0.05, 0.1) is 4.91 Å². The summed E-state index contributed by atoms with van der Waals surface area (Å²) in [5.74, 6) is 0. The summed E-state index contributed by atoms with van der Waals surface area (Å²) < 4.78 is 60.2. The van der Waals surface area contributed by atoms with E-state index in [0.717, 1.165) is 19.1 Å². The van der Waals surface area contributed by atoms with Crippen LogP contribution in [0.1, 0.15) is 20.3 Å². The van der Waals surface area contributed by atoms with Crippen LogP contribution in [0.2, 0.25) is 0 Å². The molecule has 0 heterocycles. The van der Waals surface area contributed by atoms with Crippen LogP contribution in [0.3, 0.4) is 0 Å². The summed E-state index contributed by atoms with van der Waals surface area (Å²) in [4.78, 5) is -0.776. The van der Waals surface area contributed by atoms with Crippen LogP contribution in [0.4, 0.5) is 0 Å². The Morgan fingerprint density at radius 3 is 1.94 bits per heavy atom. The van der Waals surface area contributed by atoms with Gasteiger partial charge in [0, 0.05) is 0 Å². The lowest BCUT2D eigenvalue weighted by Gasteiger charge is -2.25. The second-order valence-corrected chi connectivity index (χ2v) is 6.57. The van der Waals surface area contributed by atoms with Crippen molar-refractivity contribution in [3.63, 3.8) is 0 Å². The van der Waals surface area contributed by atoms with Crippen LogP contribution in [-0.4, -0.2) is 30.7 Å². The van der Waals surface area contributed by atoms with Crippen LogP contribution in [0.25, 0.3) is 0 Å². The minimum atomic E-state index is -4.70. The van der Waals surface area contributed by atoms with Crippen molar-refractivity contribution in [1.82, 2.24) is 0 Å². The number of allylic oxidation sites excluding steroid dienone is 2. The maximum absolute atomic E-state index is 11.2. The molecule has 1 unspecified atom stereocenters. The lowest BCUT2D eigenvalue weighted by Crippen LogP contribution is -2.39. The van der Waals surface area contributed by atoms with Crippen LogP contribution in [0.15, 0.2) is 23.6 Å². The van der Waals surface area contributed by atoms with E-state index in [1.165, 1.54) is 6.92 Å². The molecule has 1 atom stereocenters. The van der Waals surface area contributed by atoms with Gasteiger partial charge in [-0.05, 0) is 20.3 Å². The van der Waals surface area contributed by atoms with Crippen molar-refractivity contribution in [2.75, 3.05) is 0 Å². The van der Waals surface area contributed by atoms with Crippen molar-refractivity contribution < 1.29 is 25.9 Å². The first kappa shape index (κ1) is 15.3. The summed E-state index contributed by atoms with van der Waals surface area (Å²) in [7, 11) is -9.40. The molecule has 6 nitrogen and oxygen atoms in total. The average molecular weight is 270 g/mol. The normalized spacial score (nSPS) is 17.9. The van der Waals surface area contributed by atoms with Gasteiger partial charge in [-0.25, -0.2) is 0 Å². The fourth-order valence-corrected chi connectivity index (χ4v) is 3.59. The zero-order valence-corrected chi connectivity index (χ0v) is 10.5. The number of hydrogen-bond donors (Lipinski definition) is 2. The van der Waals surface area contributed by atoms with Crippen LogP contribution in [-0.2, 0) is 20.2 Å². The second kappa shape index (κ2) is 4.66. The van der Waals surface area contributed by atoms with Crippen molar-refractivity contribution in [3.05, 3.63) is 23.6 Å². The van der Waals surface area contributed by atoms with E-state index in [4.69, 9.17) is 9.11 Å². The minimum absolute atomic E-state index is 0.342. The maximum atomic E-state index is 11.2. The van der Waals surface area contributed by atoms with Crippen molar-refractivity contribution in [2.45, 2.75) is 25.0 Å². The zero-order chi connectivity index (χ0) is 13.2. The van der Waals surface area contributed by atoms with E-state index < -0.39 is 29.9 Å². The molecule has 0 aliphatic rings. The van der Waals surface area contributed by atoms with Gasteiger partial charge in [-0.2, -0.15) is 16.8 Å². The van der Waals surface area contributed by atoms with Gasteiger partial charge in [0.1, 0.15) is 4.75 Å². The lowest BCUT2D eigenvalue weighted by atomic mass is 10.1. The number of hydrogen-bond acceptors (Lipinski definition) is 4. The average Bonchev–Trinajstić information content (AvgIpc) is 2.00. The minimum Gasteiger partial charge on any atom is -0.285 e. The Labute approximate surface area is 95.2 Å². The predicted molar refractivity (Wildman–Crippen MR) is 60.1 cm³/mol. The fourth-order valence-electron chi connectivity index (χ4n) is 1.34. The third-order valence-corrected chi connectivity index (χ3v) is 5.06. The molecular formula is C8H14O6S2. The summed E-state index contributed by atoms with van der Waals surface area (Å²) in [6.07, 6.45) is 1.72. The molecule has 0 rings (SSSR count). The molecule has 0 bridgehead atoms. The van der Waals surface area contributed by atoms with Crippen LogP contribution in [0.5, 0.6) is 0 Å². The van der Waals surface area contributed by atoms with Gasteiger partial charge in [0.2, 0.25) is 0 Å². The Morgan fingerprint density at radius 2 is 1.75 bits per heavy atom. The standard InChI is InChI=1S/C8H14O6S2/c1-4-6-8(3,16(12,13)14)7(5-2)15(9,10)11/h4-5H,1,6H2,2-3H3,(H,9,10,11)(H,12,13,14)/b7-5-. The molecular weight excluding hydrogens is 256 g/mol. The first-order valence-corrected chi connectivity index (χ1v) is 7.11. The van der Waals surface area contributed by atoms with Crippen molar-refractivity contribution >= 4 is 20.2 Å². The highest BCUT2D eigenvalue weighted by atomic mass is 32.2. The molecule has 0 saturated carbocycles. The molecule has 0 aromatic heterocycles. The van der Waals surface area contributed by atoms with Crippen molar-refractivity contribution in [2.24, 2.45) is 0 Å². The summed E-state index contributed by atoms with van der Waals surface area (Å²) in [6.45, 7) is 5.52. The fraction of sp³-hybridized carbons (Fsp3) is 0.500. The topological polar surface area (TPSA) is 109 Å². The molecule has 0 fully saturated rings. The highest BCUT2D eigenvalue weighted by molar-refractivity contribution is 7.93. The molecule has 2 N–H and O–H groups in total. The summed E-state index contributed by atoms with van der Waals surface area (Å²) in [5.41, 5.74) is 0. The quantitative estimate of drug-likeness (QED) is 0.570. The largest absolute Gasteiger partial charge is 0.291 e. The smallest absolute Gasteiger partial charge is 0.285 e. The molecule has 0 aromatic carbocycles. The Hall–Kier alpha value is -0.700. The van der Waals surface area contributed by atoms with Gasteiger partial charge in [-0.15, -0.1) is 6.58 Å². The first-order chi connectivity index (χ1) is 7.00. The summed E-state index contributed by atoms with van der Waals surface area (Å²) in [6, 6.07) is 0. The van der Waals surface area contributed by atoms with Crippen LogP contribution < -0.4 is 0 Å². The Kier molecular flexibility index (Phi) is 4.46. The van der Waals surface area contributed by atoms with Gasteiger partial charge < -0.3 is 0 Å². The van der Waals surface area contributed by atoms with E-state index in [2.05, 4.69) is 6.58 Å². The summed E-state index contributed by atoms with van der Waals surface area (Å²) >= 11 is 0. The third-order valence-electron chi connectivity index (χ3n) is 2.16. The molecule has 0 aliphatic heterocycles. The van der Waals surface area contributed by atoms with E-state index in [-0.39, 0.29) is 6.42 Å². The van der Waals surface area contributed by atoms with Crippen molar-refractivity contribution in [1.29, 1.82) is 0 Å². The Balaban J connectivity index is 6.03. The lowest BCUT2D eigenvalue weighted by molar-refractivity contribution is 0.442. The molecule has 0 saturated heterocycles. The SMILES string of the molecule is C=CCC(C)(/C(=C/C)S(=O)(=O)O)S(=O)(=O)O. The van der Waals surface area contributed by atoms with E-state index in [0.29, 0.717) is 0 Å². The number of rotatable bonds is 5. The van der Waals surface area contributed by atoms with Gasteiger partial charge in [0.25, 0.3) is 20.2 Å². The molecule has 0 amide bonds. The Morgan fingerprint density at radius 1 is 1.31 bits per heavy atom. The van der Waals surface area contributed by atoms with Crippen LogP contribution >= 0.6 is 0 Å². The third kappa shape index (κ3) is 2.91. The molecule has 0 radical (unpaired) electrons. The van der Waals surface area contributed by atoms with Gasteiger partial charge in [-0.1, -0.05) is 12.2 Å². The van der Waals surface area contributed by atoms with E-state index in [9.17, 15) is 16.8 Å². The van der Waals surface area contributed by atoms with Crippen LogP contribution in [0, 0.1) is 0 Å². The zero-order valence-electron chi connectivity index (χ0n) is 8.91. The molecule has 0 spiro atoms. The van der Waals surface area contributed by atoms with Gasteiger partial charge in [-0.3, -0.25) is 9.11 Å². The maximum Gasteiger partial charge on any atom is 0.291 e. The van der Waals surface area contributed by atoms with Crippen molar-refractivity contribution in [3.8, 4) is 0 Å². The predicted octanol–water partition coefficient (Wildman–Crippen LogP) is 1.00. The summed E-state index contributed by atoms with van der Waals surface area (Å²) in [5, 5.41) is 0. The highest BCUT2D eigenvalue weighted by Crippen LogP contribution is 2.32.